The fourth-order valence-electron chi connectivity index (χ4n) is 2.92. The Morgan fingerprint density at radius 2 is 1.52 bits per heavy atom. The zero-order chi connectivity index (χ0) is 22.3. The summed E-state index contributed by atoms with van der Waals surface area (Å²) in [6.45, 7) is 1.95. The van der Waals surface area contributed by atoms with Gasteiger partial charge in [-0.25, -0.2) is 8.42 Å². The summed E-state index contributed by atoms with van der Waals surface area (Å²) in [4.78, 5) is 12.8. The average molecular weight is 441 g/mol. The van der Waals surface area contributed by atoms with Crippen LogP contribution in [-0.4, -0.2) is 34.6 Å². The Morgan fingerprint density at radius 3 is 2.10 bits per heavy atom. The predicted molar refractivity (Wildman–Crippen MR) is 120 cm³/mol. The summed E-state index contributed by atoms with van der Waals surface area (Å²) in [6, 6.07) is 21.4. The highest BCUT2D eigenvalue weighted by molar-refractivity contribution is 7.92. The molecule has 7 nitrogen and oxygen atoms in total. The van der Waals surface area contributed by atoms with Crippen LogP contribution in [0.4, 0.5) is 11.4 Å². The standard InChI is InChI=1S/C23H24N2O5S/c1-3-30-21-13-15-22(16-14-21)31(27,28)25(19-7-5-4-6-8-19)17-23(26)24-18-9-11-20(29-2)12-10-18/h4-16H,3,17H2,1-2H3,(H,24,26). The van der Waals surface area contributed by atoms with Crippen molar-refractivity contribution in [2.75, 3.05) is 29.9 Å². The zero-order valence-corrected chi connectivity index (χ0v) is 18.1. The molecule has 3 aromatic rings. The number of methoxy groups -OCH3 is 1. The summed E-state index contributed by atoms with van der Waals surface area (Å²) in [7, 11) is -2.43. The summed E-state index contributed by atoms with van der Waals surface area (Å²) in [5.41, 5.74) is 0.929. The van der Waals surface area contributed by atoms with Gasteiger partial charge in [-0.1, -0.05) is 18.2 Å². The zero-order valence-electron chi connectivity index (χ0n) is 17.3. The number of sulfonamides is 1. The molecule has 3 rings (SSSR count). The van der Waals surface area contributed by atoms with Crippen molar-refractivity contribution in [2.24, 2.45) is 0 Å². The van der Waals surface area contributed by atoms with Gasteiger partial charge < -0.3 is 14.8 Å². The van der Waals surface area contributed by atoms with Gasteiger partial charge in [0.15, 0.2) is 0 Å². The normalized spacial score (nSPS) is 10.9. The largest absolute Gasteiger partial charge is 0.497 e. The topological polar surface area (TPSA) is 84.9 Å². The number of ether oxygens (including phenoxy) is 2. The van der Waals surface area contributed by atoms with Gasteiger partial charge in [0.1, 0.15) is 18.0 Å². The molecule has 0 aliphatic rings. The second kappa shape index (κ2) is 9.99. The van der Waals surface area contributed by atoms with Crippen LogP contribution in [0, 0.1) is 0 Å². The molecular weight excluding hydrogens is 416 g/mol. The molecule has 8 heteroatoms. The minimum absolute atomic E-state index is 0.0667. The molecule has 0 aliphatic carbocycles. The van der Waals surface area contributed by atoms with Gasteiger partial charge in [-0.2, -0.15) is 0 Å². The van der Waals surface area contributed by atoms with Crippen LogP contribution < -0.4 is 19.1 Å². The molecule has 0 heterocycles. The first kappa shape index (κ1) is 22.2. The Morgan fingerprint density at radius 1 is 0.903 bits per heavy atom. The van der Waals surface area contributed by atoms with Gasteiger partial charge in [0.05, 0.1) is 24.3 Å². The number of rotatable bonds is 9. The summed E-state index contributed by atoms with van der Waals surface area (Å²) in [6.07, 6.45) is 0. The molecule has 162 valence electrons. The van der Waals surface area contributed by atoms with Crippen LogP contribution in [0.2, 0.25) is 0 Å². The van der Waals surface area contributed by atoms with E-state index in [1.165, 1.54) is 12.1 Å². The van der Waals surface area contributed by atoms with E-state index in [0.717, 1.165) is 4.31 Å². The first-order valence-corrected chi connectivity index (χ1v) is 11.1. The average Bonchev–Trinajstić information content (AvgIpc) is 2.79. The molecule has 0 aromatic heterocycles. The highest BCUT2D eigenvalue weighted by Gasteiger charge is 2.27. The third-order valence-corrected chi connectivity index (χ3v) is 6.22. The number of carbonyl (C=O) groups excluding carboxylic acids is 1. The van der Waals surface area contributed by atoms with Crippen molar-refractivity contribution >= 4 is 27.3 Å². The Bertz CT molecular complexity index is 1100. The number of hydrogen-bond acceptors (Lipinski definition) is 5. The van der Waals surface area contributed by atoms with E-state index in [1.807, 2.05) is 6.92 Å². The maximum Gasteiger partial charge on any atom is 0.264 e. The number of hydrogen-bond donors (Lipinski definition) is 1. The molecule has 0 aliphatic heterocycles. The second-order valence-corrected chi connectivity index (χ2v) is 8.39. The van der Waals surface area contributed by atoms with Gasteiger partial charge in [-0.3, -0.25) is 9.10 Å². The third kappa shape index (κ3) is 5.55. The fraction of sp³-hybridized carbons (Fsp3) is 0.174. The van der Waals surface area contributed by atoms with Crippen molar-refractivity contribution < 1.29 is 22.7 Å². The van der Waals surface area contributed by atoms with E-state index in [1.54, 1.807) is 73.8 Å². The molecule has 3 aromatic carbocycles. The number of para-hydroxylation sites is 1. The Balaban J connectivity index is 1.86. The van der Waals surface area contributed by atoms with E-state index < -0.39 is 15.9 Å². The number of nitrogens with zero attached hydrogens (tertiary/aromatic N) is 1. The molecule has 0 bridgehead atoms. The molecular formula is C23H24N2O5S. The minimum Gasteiger partial charge on any atom is -0.497 e. The third-order valence-electron chi connectivity index (χ3n) is 4.43. The lowest BCUT2D eigenvalue weighted by Crippen LogP contribution is -2.38. The van der Waals surface area contributed by atoms with Gasteiger partial charge >= 0.3 is 0 Å². The van der Waals surface area contributed by atoms with E-state index in [-0.39, 0.29) is 11.4 Å². The second-order valence-electron chi connectivity index (χ2n) is 6.53. The van der Waals surface area contributed by atoms with Crippen molar-refractivity contribution in [2.45, 2.75) is 11.8 Å². The lowest BCUT2D eigenvalue weighted by molar-refractivity contribution is -0.114. The first-order valence-electron chi connectivity index (χ1n) is 9.68. The quantitative estimate of drug-likeness (QED) is 0.545. The van der Waals surface area contributed by atoms with E-state index in [2.05, 4.69) is 5.32 Å². The SMILES string of the molecule is CCOc1ccc(S(=O)(=O)N(CC(=O)Nc2ccc(OC)cc2)c2ccccc2)cc1. The molecule has 1 N–H and O–H groups in total. The molecule has 0 atom stereocenters. The van der Waals surface area contributed by atoms with Crippen LogP contribution in [-0.2, 0) is 14.8 Å². The number of benzene rings is 3. The van der Waals surface area contributed by atoms with Crippen LogP contribution in [0.25, 0.3) is 0 Å². The van der Waals surface area contributed by atoms with Crippen LogP contribution >= 0.6 is 0 Å². The molecule has 0 fully saturated rings. The van der Waals surface area contributed by atoms with Gasteiger partial charge in [0.25, 0.3) is 10.0 Å². The monoisotopic (exact) mass is 440 g/mol. The lowest BCUT2D eigenvalue weighted by atomic mass is 10.3. The van der Waals surface area contributed by atoms with Crippen LogP contribution in [0.5, 0.6) is 11.5 Å². The highest BCUT2D eigenvalue weighted by atomic mass is 32.2. The highest BCUT2D eigenvalue weighted by Crippen LogP contribution is 2.25. The smallest absolute Gasteiger partial charge is 0.264 e. The van der Waals surface area contributed by atoms with Gasteiger partial charge in [0, 0.05) is 5.69 Å². The number of nitrogens with one attached hydrogen (secondary N) is 1. The molecule has 0 saturated heterocycles. The van der Waals surface area contributed by atoms with Crippen molar-refractivity contribution in [3.8, 4) is 11.5 Å². The predicted octanol–water partition coefficient (Wildman–Crippen LogP) is 3.93. The number of anilines is 2. The Labute approximate surface area is 182 Å². The van der Waals surface area contributed by atoms with Gasteiger partial charge in [-0.15, -0.1) is 0 Å². The maximum atomic E-state index is 13.4. The van der Waals surface area contributed by atoms with Crippen molar-refractivity contribution in [1.29, 1.82) is 0 Å². The molecule has 0 unspecified atom stereocenters. The number of amides is 1. The lowest BCUT2D eigenvalue weighted by Gasteiger charge is -2.24. The van der Waals surface area contributed by atoms with E-state index >= 15 is 0 Å². The van der Waals surface area contributed by atoms with E-state index in [4.69, 9.17) is 9.47 Å². The first-order chi connectivity index (χ1) is 14.9. The summed E-state index contributed by atoms with van der Waals surface area (Å²) in [5.74, 6) is 0.760. The van der Waals surface area contributed by atoms with E-state index in [9.17, 15) is 13.2 Å². The number of carbonyl (C=O) groups is 1. The van der Waals surface area contributed by atoms with Gasteiger partial charge in [0.2, 0.25) is 5.91 Å². The van der Waals surface area contributed by atoms with Crippen molar-refractivity contribution in [1.82, 2.24) is 0 Å². The van der Waals surface area contributed by atoms with Crippen LogP contribution in [0.3, 0.4) is 0 Å². The Hall–Kier alpha value is -3.52. The minimum atomic E-state index is -3.99. The van der Waals surface area contributed by atoms with Crippen molar-refractivity contribution in [3.05, 3.63) is 78.9 Å². The fourth-order valence-corrected chi connectivity index (χ4v) is 4.34. The summed E-state index contributed by atoms with van der Waals surface area (Å²) in [5, 5.41) is 2.72. The molecule has 31 heavy (non-hydrogen) atoms. The van der Waals surface area contributed by atoms with Crippen LogP contribution in [0.1, 0.15) is 6.92 Å². The summed E-state index contributed by atoms with van der Waals surface area (Å²) >= 11 is 0. The molecule has 0 spiro atoms. The maximum absolute atomic E-state index is 13.4. The van der Waals surface area contributed by atoms with Crippen molar-refractivity contribution in [3.63, 3.8) is 0 Å². The molecule has 0 radical (unpaired) electrons. The van der Waals surface area contributed by atoms with Crippen LogP contribution in [0.15, 0.2) is 83.8 Å². The summed E-state index contributed by atoms with van der Waals surface area (Å²) < 4.78 is 38.3. The van der Waals surface area contributed by atoms with E-state index in [0.29, 0.717) is 29.5 Å². The van der Waals surface area contributed by atoms with Gasteiger partial charge in [-0.05, 0) is 67.6 Å². The Kier molecular flexibility index (Phi) is 7.15. The molecule has 1 amide bonds. The molecule has 0 saturated carbocycles.